The van der Waals surface area contributed by atoms with Crippen molar-refractivity contribution in [2.75, 3.05) is 4.90 Å². The van der Waals surface area contributed by atoms with Crippen LogP contribution in [0.25, 0.3) is 0 Å². The molecule has 1 saturated carbocycles. The van der Waals surface area contributed by atoms with Crippen molar-refractivity contribution in [3.63, 3.8) is 0 Å². The SMILES string of the molecule is NC1=NC2(CCCCC2)N(c2c(I)cccc2[N+](=O)[O-])C(N)=N1. The summed E-state index contributed by atoms with van der Waals surface area (Å²) >= 11 is 2.08. The summed E-state index contributed by atoms with van der Waals surface area (Å²) < 4.78 is 0.732. The number of hydrogen-bond donors (Lipinski definition) is 2. The Labute approximate surface area is 146 Å². The van der Waals surface area contributed by atoms with Crippen molar-refractivity contribution >= 4 is 45.9 Å². The van der Waals surface area contributed by atoms with Crippen LogP contribution in [0.3, 0.4) is 0 Å². The van der Waals surface area contributed by atoms with Gasteiger partial charge in [0.25, 0.3) is 5.69 Å². The first-order chi connectivity index (χ1) is 10.9. The number of anilines is 1. The quantitative estimate of drug-likeness (QED) is 0.425. The molecule has 8 nitrogen and oxygen atoms in total. The fourth-order valence-electron chi connectivity index (χ4n) is 3.32. The van der Waals surface area contributed by atoms with Gasteiger partial charge in [0, 0.05) is 9.64 Å². The van der Waals surface area contributed by atoms with Crippen molar-refractivity contribution in [3.05, 3.63) is 31.9 Å². The van der Waals surface area contributed by atoms with Gasteiger partial charge < -0.3 is 11.5 Å². The van der Waals surface area contributed by atoms with E-state index in [0.29, 0.717) is 5.69 Å². The normalized spacial score (nSPS) is 20.1. The molecule has 122 valence electrons. The maximum Gasteiger partial charge on any atom is 0.294 e. The summed E-state index contributed by atoms with van der Waals surface area (Å²) in [7, 11) is 0. The van der Waals surface area contributed by atoms with Gasteiger partial charge in [-0.1, -0.05) is 12.5 Å². The van der Waals surface area contributed by atoms with Gasteiger partial charge >= 0.3 is 0 Å². The Morgan fingerprint density at radius 2 is 1.96 bits per heavy atom. The van der Waals surface area contributed by atoms with Crippen molar-refractivity contribution in [3.8, 4) is 0 Å². The molecule has 2 aliphatic rings. The summed E-state index contributed by atoms with van der Waals surface area (Å²) in [4.78, 5) is 21.4. The molecular weight excluding hydrogens is 411 g/mol. The molecule has 0 unspecified atom stereocenters. The van der Waals surface area contributed by atoms with Gasteiger partial charge in [-0.2, -0.15) is 4.99 Å². The predicted molar refractivity (Wildman–Crippen MR) is 97.4 cm³/mol. The van der Waals surface area contributed by atoms with E-state index in [0.717, 1.165) is 35.7 Å². The Morgan fingerprint density at radius 3 is 2.61 bits per heavy atom. The Bertz CT molecular complexity index is 711. The molecule has 0 amide bonds. The summed E-state index contributed by atoms with van der Waals surface area (Å²) in [5, 5.41) is 11.5. The van der Waals surface area contributed by atoms with Crippen LogP contribution in [0.2, 0.25) is 0 Å². The van der Waals surface area contributed by atoms with E-state index >= 15 is 0 Å². The zero-order valence-electron chi connectivity index (χ0n) is 12.4. The summed E-state index contributed by atoms with van der Waals surface area (Å²) in [6, 6.07) is 4.95. The molecule has 9 heteroatoms. The standard InChI is InChI=1S/C14H17IN6O2/c15-9-5-4-6-10(21(22)23)11(9)20-13(17)18-12(16)19-14(20)7-2-1-3-8-14/h4-6H,1-3,7-8H2,(H4,16,17,18,19). The van der Waals surface area contributed by atoms with Gasteiger partial charge in [-0.3, -0.25) is 15.0 Å². The Hall–Kier alpha value is -1.91. The molecule has 1 aromatic carbocycles. The average Bonchev–Trinajstić information content (AvgIpc) is 2.48. The average molecular weight is 428 g/mol. The zero-order valence-corrected chi connectivity index (χ0v) is 14.6. The minimum Gasteiger partial charge on any atom is -0.369 e. The highest BCUT2D eigenvalue weighted by Crippen LogP contribution is 2.44. The predicted octanol–water partition coefficient (Wildman–Crippen LogP) is 2.31. The molecular formula is C14H17IN6O2. The lowest BCUT2D eigenvalue weighted by molar-refractivity contribution is -0.384. The Balaban J connectivity index is 2.21. The van der Waals surface area contributed by atoms with Crippen molar-refractivity contribution < 1.29 is 4.92 Å². The molecule has 23 heavy (non-hydrogen) atoms. The highest BCUT2D eigenvalue weighted by molar-refractivity contribution is 14.1. The maximum absolute atomic E-state index is 11.5. The van der Waals surface area contributed by atoms with E-state index in [9.17, 15) is 10.1 Å². The van der Waals surface area contributed by atoms with Gasteiger partial charge in [0.1, 0.15) is 11.4 Å². The summed E-state index contributed by atoms with van der Waals surface area (Å²) in [5.41, 5.74) is 11.7. The smallest absolute Gasteiger partial charge is 0.294 e. The van der Waals surface area contributed by atoms with Crippen LogP contribution in [-0.2, 0) is 0 Å². The van der Waals surface area contributed by atoms with Crippen molar-refractivity contribution in [1.82, 2.24) is 0 Å². The molecule has 0 atom stereocenters. The fraction of sp³-hybridized carbons (Fsp3) is 0.429. The van der Waals surface area contributed by atoms with Gasteiger partial charge in [0.2, 0.25) is 11.9 Å². The first kappa shape index (κ1) is 16.0. The lowest BCUT2D eigenvalue weighted by Crippen LogP contribution is -2.58. The first-order valence-corrected chi connectivity index (χ1v) is 8.45. The van der Waals surface area contributed by atoms with Gasteiger partial charge in [-0.15, -0.1) is 0 Å². The van der Waals surface area contributed by atoms with Gasteiger partial charge in [0.05, 0.1) is 4.92 Å². The maximum atomic E-state index is 11.5. The number of rotatable bonds is 2. The third-order valence-electron chi connectivity index (χ3n) is 4.24. The summed E-state index contributed by atoms with van der Waals surface area (Å²) in [5.74, 6) is 0.292. The molecule has 1 heterocycles. The van der Waals surface area contributed by atoms with Gasteiger partial charge in [0.15, 0.2) is 0 Å². The second-order valence-corrected chi connectivity index (χ2v) is 6.85. The van der Waals surface area contributed by atoms with Crippen LogP contribution in [0, 0.1) is 13.7 Å². The molecule has 1 aromatic rings. The third kappa shape index (κ3) is 2.73. The molecule has 1 aliphatic heterocycles. The lowest BCUT2D eigenvalue weighted by atomic mass is 9.87. The third-order valence-corrected chi connectivity index (χ3v) is 5.11. The van der Waals surface area contributed by atoms with Crippen LogP contribution in [0.5, 0.6) is 0 Å². The molecule has 0 bridgehead atoms. The number of nitro groups is 1. The van der Waals surface area contributed by atoms with E-state index in [1.807, 2.05) is 6.07 Å². The van der Waals surface area contributed by atoms with Crippen LogP contribution in [0.4, 0.5) is 11.4 Å². The number of benzene rings is 1. The molecule has 0 radical (unpaired) electrons. The largest absolute Gasteiger partial charge is 0.369 e. The van der Waals surface area contributed by atoms with E-state index in [1.165, 1.54) is 6.07 Å². The second kappa shape index (κ2) is 5.95. The van der Waals surface area contributed by atoms with Crippen LogP contribution >= 0.6 is 22.6 Å². The van der Waals surface area contributed by atoms with Gasteiger partial charge in [-0.25, -0.2) is 4.99 Å². The summed E-state index contributed by atoms with van der Waals surface area (Å²) in [6.07, 6.45) is 4.53. The molecule has 0 aromatic heterocycles. The molecule has 0 saturated heterocycles. The Morgan fingerprint density at radius 1 is 1.26 bits per heavy atom. The van der Waals surface area contributed by atoms with E-state index in [-0.39, 0.29) is 17.6 Å². The monoisotopic (exact) mass is 428 g/mol. The molecule has 3 rings (SSSR count). The number of nitro benzene ring substituents is 1. The van der Waals surface area contributed by atoms with Crippen molar-refractivity contribution in [2.45, 2.75) is 37.8 Å². The molecule has 1 aliphatic carbocycles. The Kier molecular flexibility index (Phi) is 4.13. The lowest BCUT2D eigenvalue weighted by Gasteiger charge is -2.45. The number of nitrogens with two attached hydrogens (primary N) is 2. The van der Waals surface area contributed by atoms with Gasteiger partial charge in [-0.05, 0) is 54.3 Å². The minimum absolute atomic E-state index is 0.00401. The number of aliphatic imine (C=N–C) groups is 2. The van der Waals surface area contributed by atoms with Crippen molar-refractivity contribution in [2.24, 2.45) is 21.5 Å². The fourth-order valence-corrected chi connectivity index (χ4v) is 4.04. The molecule has 1 fully saturated rings. The van der Waals surface area contributed by atoms with E-state index < -0.39 is 10.6 Å². The number of hydrogen-bond acceptors (Lipinski definition) is 7. The highest BCUT2D eigenvalue weighted by Gasteiger charge is 2.45. The first-order valence-electron chi connectivity index (χ1n) is 7.37. The number of para-hydroxylation sites is 1. The number of nitrogens with zero attached hydrogens (tertiary/aromatic N) is 4. The van der Waals surface area contributed by atoms with E-state index in [1.54, 1.807) is 11.0 Å². The van der Waals surface area contributed by atoms with Crippen LogP contribution < -0.4 is 16.4 Å². The highest BCUT2D eigenvalue weighted by atomic mass is 127. The summed E-state index contributed by atoms with van der Waals surface area (Å²) in [6.45, 7) is 0. The number of halogens is 1. The molecule has 4 N–H and O–H groups in total. The topological polar surface area (TPSA) is 123 Å². The zero-order chi connectivity index (χ0) is 16.6. The van der Waals surface area contributed by atoms with Crippen molar-refractivity contribution in [1.29, 1.82) is 0 Å². The van der Waals surface area contributed by atoms with E-state index in [4.69, 9.17) is 11.5 Å². The van der Waals surface area contributed by atoms with Crippen LogP contribution in [0.1, 0.15) is 32.1 Å². The molecule has 1 spiro atoms. The second-order valence-electron chi connectivity index (χ2n) is 5.68. The number of guanidine groups is 2. The van der Waals surface area contributed by atoms with Crippen LogP contribution in [-0.4, -0.2) is 22.5 Å². The van der Waals surface area contributed by atoms with Crippen LogP contribution in [0.15, 0.2) is 28.2 Å². The van der Waals surface area contributed by atoms with E-state index in [2.05, 4.69) is 32.6 Å². The minimum atomic E-state index is -0.680.